The van der Waals surface area contributed by atoms with Crippen molar-refractivity contribution >= 4 is 23.0 Å². The minimum Gasteiger partial charge on any atom is -0.503 e. The van der Waals surface area contributed by atoms with E-state index in [2.05, 4.69) is 10.3 Å². The number of alkyl halides is 3. The highest BCUT2D eigenvalue weighted by Gasteiger charge is 2.30. The molecular formula is C31H31F3N2O6. The highest BCUT2D eigenvalue weighted by Crippen LogP contribution is 2.30. The van der Waals surface area contributed by atoms with E-state index in [-0.39, 0.29) is 18.8 Å². The molecule has 3 aromatic rings. The average Bonchev–Trinajstić information content (AvgIpc) is 2.99. The summed E-state index contributed by atoms with van der Waals surface area (Å²) in [6, 6.07) is 18.9. The minimum absolute atomic E-state index is 0.0315. The van der Waals surface area contributed by atoms with Crippen molar-refractivity contribution in [3.8, 4) is 5.75 Å². The summed E-state index contributed by atoms with van der Waals surface area (Å²) >= 11 is 0. The molecule has 0 amide bonds. The van der Waals surface area contributed by atoms with Crippen molar-refractivity contribution in [2.24, 2.45) is 10.3 Å². The molecule has 0 spiro atoms. The van der Waals surface area contributed by atoms with Gasteiger partial charge in [-0.3, -0.25) is 0 Å². The molecule has 0 saturated carbocycles. The summed E-state index contributed by atoms with van der Waals surface area (Å²) in [4.78, 5) is 23.2. The maximum absolute atomic E-state index is 13.0. The Hall–Kier alpha value is -4.80. The van der Waals surface area contributed by atoms with Gasteiger partial charge < -0.3 is 23.9 Å². The number of hydrogen-bond donors (Lipinski definition) is 0. The van der Waals surface area contributed by atoms with Gasteiger partial charge in [-0.15, -0.1) is 0 Å². The number of ether oxygens (including phenoxy) is 3. The van der Waals surface area contributed by atoms with Gasteiger partial charge in [-0.25, -0.2) is 4.79 Å². The van der Waals surface area contributed by atoms with Crippen LogP contribution in [0.5, 0.6) is 5.75 Å². The summed E-state index contributed by atoms with van der Waals surface area (Å²) < 4.78 is 54.5. The number of carbonyl (C=O) groups is 1. The van der Waals surface area contributed by atoms with Crippen LogP contribution in [0.1, 0.15) is 41.7 Å². The van der Waals surface area contributed by atoms with Gasteiger partial charge in [0.25, 0.3) is 0 Å². The first-order valence-electron chi connectivity index (χ1n) is 12.8. The van der Waals surface area contributed by atoms with E-state index in [1.165, 1.54) is 26.5 Å². The third-order valence-corrected chi connectivity index (χ3v) is 5.79. The Morgan fingerprint density at radius 1 is 0.905 bits per heavy atom. The fourth-order valence-corrected chi connectivity index (χ4v) is 3.77. The molecule has 0 radical (unpaired) electrons. The lowest BCUT2D eigenvalue weighted by Crippen LogP contribution is -2.14. The summed E-state index contributed by atoms with van der Waals surface area (Å²) in [6.45, 7) is 3.82. The predicted octanol–water partition coefficient (Wildman–Crippen LogP) is 6.78. The Morgan fingerprint density at radius 3 is 2.31 bits per heavy atom. The third kappa shape index (κ3) is 8.85. The quantitative estimate of drug-likeness (QED) is 0.0724. The second kappa shape index (κ2) is 15.3. The molecule has 0 aliphatic heterocycles. The van der Waals surface area contributed by atoms with Gasteiger partial charge in [-0.05, 0) is 61.4 Å². The van der Waals surface area contributed by atoms with Crippen molar-refractivity contribution in [1.82, 2.24) is 0 Å². The summed E-state index contributed by atoms with van der Waals surface area (Å²) in [6.07, 6.45) is -3.12. The van der Waals surface area contributed by atoms with Gasteiger partial charge in [0.05, 0.1) is 26.0 Å². The van der Waals surface area contributed by atoms with Gasteiger partial charge in [0, 0.05) is 11.1 Å². The molecule has 0 unspecified atom stereocenters. The SMILES string of the molecule is CCO/N=C(/C(C)=NOCc1ccccc1C(=COC)C(=O)OC)c1ccc(OCc2cccc(C(F)(F)F)c2)cc1. The van der Waals surface area contributed by atoms with Crippen LogP contribution in [-0.2, 0) is 43.3 Å². The van der Waals surface area contributed by atoms with E-state index in [1.807, 2.05) is 0 Å². The largest absolute Gasteiger partial charge is 0.503 e. The van der Waals surface area contributed by atoms with Crippen LogP contribution in [0.15, 0.2) is 89.4 Å². The fourth-order valence-electron chi connectivity index (χ4n) is 3.77. The molecule has 0 atom stereocenters. The lowest BCUT2D eigenvalue weighted by atomic mass is 10.0. The van der Waals surface area contributed by atoms with Crippen molar-refractivity contribution in [3.05, 3.63) is 107 Å². The van der Waals surface area contributed by atoms with Crippen LogP contribution in [-0.4, -0.2) is 38.2 Å². The van der Waals surface area contributed by atoms with Crippen molar-refractivity contribution in [2.75, 3.05) is 20.8 Å². The first kappa shape index (κ1) is 31.7. The molecule has 0 saturated heterocycles. The van der Waals surface area contributed by atoms with Crippen molar-refractivity contribution < 1.29 is 41.9 Å². The first-order valence-corrected chi connectivity index (χ1v) is 12.8. The Morgan fingerprint density at radius 2 is 1.64 bits per heavy atom. The van der Waals surface area contributed by atoms with E-state index in [9.17, 15) is 18.0 Å². The highest BCUT2D eigenvalue weighted by molar-refractivity contribution is 6.47. The van der Waals surface area contributed by atoms with Crippen molar-refractivity contribution in [3.63, 3.8) is 0 Å². The number of benzene rings is 3. The number of oxime groups is 2. The number of methoxy groups -OCH3 is 2. The zero-order valence-corrected chi connectivity index (χ0v) is 23.6. The van der Waals surface area contributed by atoms with Gasteiger partial charge in [-0.1, -0.05) is 46.7 Å². The lowest BCUT2D eigenvalue weighted by Gasteiger charge is -2.12. The standard InChI is InChI=1S/C31H31F3N2O6/c1-5-41-36-29(21(2)35-42-19-24-10-6-7-12-27(24)28(20-38-3)30(37)39-4)23-13-15-26(16-14-23)40-18-22-9-8-11-25(17-22)31(32,33)34/h6-17,20H,5,18-19H2,1-4H3/b28-20?,35-21?,36-29-. The van der Waals surface area contributed by atoms with E-state index in [1.54, 1.807) is 68.4 Å². The molecule has 0 aliphatic rings. The molecule has 0 aliphatic carbocycles. The normalized spacial score (nSPS) is 12.5. The average molecular weight is 585 g/mol. The molecule has 8 nitrogen and oxygen atoms in total. The Bertz CT molecular complexity index is 1430. The number of esters is 1. The minimum atomic E-state index is -4.42. The van der Waals surface area contributed by atoms with Gasteiger partial charge in [0.15, 0.2) is 0 Å². The summed E-state index contributed by atoms with van der Waals surface area (Å²) in [5, 5.41) is 8.37. The third-order valence-electron chi connectivity index (χ3n) is 5.79. The van der Waals surface area contributed by atoms with E-state index in [0.29, 0.717) is 46.0 Å². The number of halogens is 3. The molecule has 0 heterocycles. The fraction of sp³-hybridized carbons (Fsp3) is 0.258. The van der Waals surface area contributed by atoms with E-state index >= 15 is 0 Å². The van der Waals surface area contributed by atoms with Gasteiger partial charge in [0.1, 0.15) is 42.6 Å². The predicted molar refractivity (Wildman–Crippen MR) is 152 cm³/mol. The number of carbonyl (C=O) groups excluding carboxylic acids is 1. The Kier molecular flexibility index (Phi) is 11.5. The van der Waals surface area contributed by atoms with Gasteiger partial charge in [0.2, 0.25) is 0 Å². The molecule has 222 valence electrons. The van der Waals surface area contributed by atoms with E-state index < -0.39 is 17.7 Å². The van der Waals surface area contributed by atoms with Crippen molar-refractivity contribution in [2.45, 2.75) is 33.2 Å². The molecule has 0 aromatic heterocycles. The molecule has 0 fully saturated rings. The summed E-state index contributed by atoms with van der Waals surface area (Å²) in [7, 11) is 2.72. The highest BCUT2D eigenvalue weighted by atomic mass is 19.4. The van der Waals surface area contributed by atoms with E-state index in [0.717, 1.165) is 12.1 Å². The second-order valence-electron chi connectivity index (χ2n) is 8.73. The van der Waals surface area contributed by atoms with E-state index in [4.69, 9.17) is 23.9 Å². The monoisotopic (exact) mass is 584 g/mol. The molecular weight excluding hydrogens is 553 g/mol. The zero-order valence-electron chi connectivity index (χ0n) is 23.6. The number of hydrogen-bond acceptors (Lipinski definition) is 8. The van der Waals surface area contributed by atoms with Crippen LogP contribution < -0.4 is 4.74 Å². The molecule has 42 heavy (non-hydrogen) atoms. The van der Waals surface area contributed by atoms with Gasteiger partial charge in [-0.2, -0.15) is 13.2 Å². The first-order chi connectivity index (χ1) is 20.2. The van der Waals surface area contributed by atoms with Crippen LogP contribution in [0.25, 0.3) is 5.57 Å². The molecule has 0 N–H and O–H groups in total. The van der Waals surface area contributed by atoms with Crippen LogP contribution >= 0.6 is 0 Å². The maximum Gasteiger partial charge on any atom is 0.416 e. The molecule has 0 bridgehead atoms. The summed E-state index contributed by atoms with van der Waals surface area (Å²) in [5.41, 5.74) is 2.61. The van der Waals surface area contributed by atoms with Crippen LogP contribution in [0.3, 0.4) is 0 Å². The van der Waals surface area contributed by atoms with Crippen LogP contribution in [0.2, 0.25) is 0 Å². The van der Waals surface area contributed by atoms with Crippen LogP contribution in [0.4, 0.5) is 13.2 Å². The van der Waals surface area contributed by atoms with Crippen LogP contribution in [0, 0.1) is 0 Å². The topological polar surface area (TPSA) is 87.9 Å². The zero-order chi connectivity index (χ0) is 30.5. The maximum atomic E-state index is 13.0. The number of rotatable bonds is 13. The Balaban J connectivity index is 1.73. The number of nitrogens with zero attached hydrogens (tertiary/aromatic N) is 2. The van der Waals surface area contributed by atoms with Gasteiger partial charge >= 0.3 is 12.1 Å². The molecule has 11 heteroatoms. The summed E-state index contributed by atoms with van der Waals surface area (Å²) in [5.74, 6) is -0.0998. The second-order valence-corrected chi connectivity index (χ2v) is 8.73. The Labute approximate surface area is 242 Å². The van der Waals surface area contributed by atoms with Crippen molar-refractivity contribution in [1.29, 1.82) is 0 Å². The lowest BCUT2D eigenvalue weighted by molar-refractivity contribution is -0.137. The molecule has 3 rings (SSSR count). The molecule has 3 aromatic carbocycles. The smallest absolute Gasteiger partial charge is 0.416 e.